The first kappa shape index (κ1) is 17.2. The van der Waals surface area contributed by atoms with Crippen molar-refractivity contribution in [2.24, 2.45) is 4.99 Å². The number of hydrogen-bond donors (Lipinski definition) is 2. The minimum atomic E-state index is 0.0531. The molecule has 0 amide bonds. The Morgan fingerprint density at radius 1 is 1.21 bits per heavy atom. The maximum atomic E-state index is 5.44. The van der Waals surface area contributed by atoms with E-state index in [0.717, 1.165) is 63.4 Å². The molecule has 0 bridgehead atoms. The van der Waals surface area contributed by atoms with Gasteiger partial charge in [-0.3, -0.25) is 9.89 Å². The first-order valence-electron chi connectivity index (χ1n) is 8.78. The van der Waals surface area contributed by atoms with Crippen LogP contribution in [0.15, 0.2) is 4.99 Å². The molecule has 24 heavy (non-hydrogen) atoms. The van der Waals surface area contributed by atoms with Gasteiger partial charge in [0.15, 0.2) is 11.8 Å². The minimum Gasteiger partial charge on any atom is -0.379 e. The molecule has 0 spiro atoms. The number of ether oxygens (including phenoxy) is 1. The smallest absolute Gasteiger partial charge is 0.191 e. The van der Waals surface area contributed by atoms with E-state index in [2.05, 4.69) is 49.1 Å². The van der Waals surface area contributed by atoms with E-state index in [1.807, 2.05) is 0 Å². The van der Waals surface area contributed by atoms with E-state index in [9.17, 15) is 0 Å². The zero-order valence-electron chi connectivity index (χ0n) is 15.0. The Hall–Kier alpha value is -1.67. The van der Waals surface area contributed by atoms with Crippen LogP contribution in [0.1, 0.15) is 31.9 Å². The highest BCUT2D eigenvalue weighted by molar-refractivity contribution is 5.79. The Kier molecular flexibility index (Phi) is 5.35. The lowest BCUT2D eigenvalue weighted by Crippen LogP contribution is -2.56. The second-order valence-electron chi connectivity index (χ2n) is 6.98. The number of nitrogens with zero attached hydrogens (tertiary/aromatic N) is 5. The Labute approximate surface area is 143 Å². The Morgan fingerprint density at radius 3 is 2.75 bits per heavy atom. The van der Waals surface area contributed by atoms with Crippen molar-refractivity contribution >= 4 is 5.96 Å². The summed E-state index contributed by atoms with van der Waals surface area (Å²) in [6.07, 6.45) is 2.20. The number of aromatic nitrogens is 3. The quantitative estimate of drug-likeness (QED) is 0.582. The standard InChI is InChI=1S/C16H29N7O/c1-16(2,22-7-9-24-10-8-22)12-19-15(17-3)18-11-14-21-20-13-5-4-6-23(13)14/h4-12H2,1-3H3,(H2,17,18,19). The molecule has 2 aliphatic rings. The number of fused-ring (bicyclic) bond motifs is 1. The highest BCUT2D eigenvalue weighted by Gasteiger charge is 2.28. The average Bonchev–Trinajstić information content (AvgIpc) is 3.20. The summed E-state index contributed by atoms with van der Waals surface area (Å²) in [5.74, 6) is 2.88. The molecule has 2 N–H and O–H groups in total. The first-order valence-corrected chi connectivity index (χ1v) is 8.78. The third kappa shape index (κ3) is 3.87. The Balaban J connectivity index is 1.49. The van der Waals surface area contributed by atoms with Crippen LogP contribution >= 0.6 is 0 Å². The minimum absolute atomic E-state index is 0.0531. The van der Waals surface area contributed by atoms with Crippen molar-refractivity contribution in [3.8, 4) is 0 Å². The summed E-state index contributed by atoms with van der Waals surface area (Å²) < 4.78 is 7.65. The van der Waals surface area contributed by atoms with Gasteiger partial charge in [0.05, 0.1) is 19.8 Å². The molecule has 3 heterocycles. The molecule has 3 rings (SSSR count). The summed E-state index contributed by atoms with van der Waals surface area (Å²) in [6.45, 7) is 10.6. The van der Waals surface area contributed by atoms with E-state index in [-0.39, 0.29) is 5.54 Å². The van der Waals surface area contributed by atoms with Crippen LogP contribution in [0.2, 0.25) is 0 Å². The molecule has 8 heteroatoms. The van der Waals surface area contributed by atoms with E-state index in [0.29, 0.717) is 6.54 Å². The van der Waals surface area contributed by atoms with Crippen LogP contribution in [0.25, 0.3) is 0 Å². The van der Waals surface area contributed by atoms with E-state index in [4.69, 9.17) is 4.74 Å². The monoisotopic (exact) mass is 335 g/mol. The number of morpholine rings is 1. The van der Waals surface area contributed by atoms with Crippen LogP contribution in [0.4, 0.5) is 0 Å². The number of aliphatic imine (C=N–C) groups is 1. The molecule has 0 aromatic carbocycles. The molecule has 1 saturated heterocycles. The second kappa shape index (κ2) is 7.48. The van der Waals surface area contributed by atoms with Crippen LogP contribution in [-0.2, 0) is 24.2 Å². The fraction of sp³-hybridized carbons (Fsp3) is 0.812. The number of aryl methyl sites for hydroxylation is 1. The predicted octanol–water partition coefficient (Wildman–Crippen LogP) is 0.000100. The van der Waals surface area contributed by atoms with Gasteiger partial charge in [0.2, 0.25) is 0 Å². The lowest BCUT2D eigenvalue weighted by Gasteiger charge is -2.41. The Bertz CT molecular complexity index is 575. The van der Waals surface area contributed by atoms with E-state index in [1.165, 1.54) is 6.42 Å². The molecule has 0 saturated carbocycles. The number of guanidine groups is 1. The van der Waals surface area contributed by atoms with E-state index >= 15 is 0 Å². The molecular formula is C16H29N7O. The first-order chi connectivity index (χ1) is 11.6. The van der Waals surface area contributed by atoms with Crippen molar-refractivity contribution in [2.75, 3.05) is 39.9 Å². The average molecular weight is 335 g/mol. The largest absolute Gasteiger partial charge is 0.379 e. The van der Waals surface area contributed by atoms with Crippen molar-refractivity contribution in [2.45, 2.75) is 45.3 Å². The van der Waals surface area contributed by atoms with Crippen molar-refractivity contribution in [3.05, 3.63) is 11.6 Å². The third-order valence-corrected chi connectivity index (χ3v) is 4.88. The molecule has 1 aromatic rings. The van der Waals surface area contributed by atoms with Crippen molar-refractivity contribution < 1.29 is 4.74 Å². The zero-order chi connectivity index (χ0) is 17.0. The van der Waals surface area contributed by atoms with E-state index in [1.54, 1.807) is 7.05 Å². The SMILES string of the molecule is CN=C(NCc1nnc2n1CCC2)NCC(C)(C)N1CCOCC1. The fourth-order valence-corrected chi connectivity index (χ4v) is 3.31. The van der Waals surface area contributed by atoms with Crippen LogP contribution < -0.4 is 10.6 Å². The van der Waals surface area contributed by atoms with Gasteiger partial charge in [0.1, 0.15) is 5.82 Å². The summed E-state index contributed by atoms with van der Waals surface area (Å²) in [6, 6.07) is 0. The van der Waals surface area contributed by atoms with Crippen molar-refractivity contribution in [3.63, 3.8) is 0 Å². The molecule has 0 aliphatic carbocycles. The second-order valence-corrected chi connectivity index (χ2v) is 6.98. The maximum absolute atomic E-state index is 5.44. The van der Waals surface area contributed by atoms with Gasteiger partial charge >= 0.3 is 0 Å². The molecule has 1 aromatic heterocycles. The number of hydrogen-bond acceptors (Lipinski definition) is 5. The lowest BCUT2D eigenvalue weighted by atomic mass is 10.0. The van der Waals surface area contributed by atoms with Gasteiger partial charge in [-0.2, -0.15) is 0 Å². The van der Waals surface area contributed by atoms with Crippen LogP contribution in [0.3, 0.4) is 0 Å². The van der Waals surface area contributed by atoms with E-state index < -0.39 is 0 Å². The summed E-state index contributed by atoms with van der Waals surface area (Å²) in [5.41, 5.74) is 0.0531. The summed E-state index contributed by atoms with van der Waals surface area (Å²) >= 11 is 0. The molecule has 0 radical (unpaired) electrons. The summed E-state index contributed by atoms with van der Waals surface area (Å²) in [4.78, 5) is 6.78. The number of rotatable bonds is 5. The highest BCUT2D eigenvalue weighted by atomic mass is 16.5. The normalized spacial score (nSPS) is 19.4. The molecule has 1 fully saturated rings. The van der Waals surface area contributed by atoms with Gasteiger partial charge in [-0.1, -0.05) is 0 Å². The Morgan fingerprint density at radius 2 is 2.00 bits per heavy atom. The highest BCUT2D eigenvalue weighted by Crippen LogP contribution is 2.15. The topological polar surface area (TPSA) is 79.6 Å². The molecule has 0 unspecified atom stereocenters. The summed E-state index contributed by atoms with van der Waals surface area (Å²) in [7, 11) is 1.80. The van der Waals surface area contributed by atoms with Crippen LogP contribution in [0, 0.1) is 0 Å². The molecular weight excluding hydrogens is 306 g/mol. The third-order valence-electron chi connectivity index (χ3n) is 4.88. The molecule has 0 atom stereocenters. The van der Waals surface area contributed by atoms with Crippen molar-refractivity contribution in [1.29, 1.82) is 0 Å². The van der Waals surface area contributed by atoms with Crippen LogP contribution in [-0.4, -0.2) is 71.1 Å². The van der Waals surface area contributed by atoms with Gasteiger partial charge < -0.3 is 19.9 Å². The van der Waals surface area contributed by atoms with Gasteiger partial charge in [0, 0.05) is 45.2 Å². The van der Waals surface area contributed by atoms with Gasteiger partial charge in [-0.25, -0.2) is 0 Å². The predicted molar refractivity (Wildman–Crippen MR) is 93.0 cm³/mol. The van der Waals surface area contributed by atoms with Gasteiger partial charge in [0.25, 0.3) is 0 Å². The zero-order valence-corrected chi connectivity index (χ0v) is 15.0. The van der Waals surface area contributed by atoms with Crippen LogP contribution in [0.5, 0.6) is 0 Å². The molecule has 2 aliphatic heterocycles. The maximum Gasteiger partial charge on any atom is 0.191 e. The number of nitrogens with one attached hydrogen (secondary N) is 2. The van der Waals surface area contributed by atoms with Crippen molar-refractivity contribution in [1.82, 2.24) is 30.3 Å². The fourth-order valence-electron chi connectivity index (χ4n) is 3.31. The molecule has 8 nitrogen and oxygen atoms in total. The van der Waals surface area contributed by atoms with Gasteiger partial charge in [-0.05, 0) is 20.3 Å². The van der Waals surface area contributed by atoms with Gasteiger partial charge in [-0.15, -0.1) is 10.2 Å². The summed E-state index contributed by atoms with van der Waals surface area (Å²) in [5, 5.41) is 15.3. The molecule has 134 valence electrons. The lowest BCUT2D eigenvalue weighted by molar-refractivity contribution is -0.00834.